The first-order valence-electron chi connectivity index (χ1n) is 6.22. The molecule has 1 atom stereocenters. The second-order valence-corrected chi connectivity index (χ2v) is 5.78. The molecule has 1 unspecified atom stereocenters. The van der Waals surface area contributed by atoms with Crippen LogP contribution in [0.25, 0.3) is 0 Å². The van der Waals surface area contributed by atoms with E-state index in [0.717, 1.165) is 11.3 Å². The first-order valence-corrected chi connectivity index (χ1v) is 7.34. The Balaban J connectivity index is 2.27. The first-order chi connectivity index (χ1) is 8.43. The maximum Gasteiger partial charge on any atom is 0.248 e. The molecular weight excluding hydrogens is 302 g/mol. The molecule has 18 heavy (non-hydrogen) atoms. The third-order valence-electron chi connectivity index (χ3n) is 3.38. The van der Waals surface area contributed by atoms with Crippen LogP contribution < -0.4 is 0 Å². The van der Waals surface area contributed by atoms with Gasteiger partial charge in [0.15, 0.2) is 0 Å². The Hall–Kier alpha value is -0.580. The fourth-order valence-electron chi connectivity index (χ4n) is 2.40. The molecule has 0 N–H and O–H groups in total. The smallest absolute Gasteiger partial charge is 0.241 e. The van der Waals surface area contributed by atoms with Crippen molar-refractivity contribution in [1.29, 1.82) is 0 Å². The zero-order valence-corrected chi connectivity index (χ0v) is 12.2. The fraction of sp³-hybridized carbons (Fsp3) is 0.692. The second kappa shape index (κ2) is 5.19. The Morgan fingerprint density at radius 3 is 2.72 bits per heavy atom. The van der Waals surface area contributed by atoms with Gasteiger partial charge in [0, 0.05) is 35.8 Å². The van der Waals surface area contributed by atoms with Gasteiger partial charge in [0.1, 0.15) is 5.82 Å². The van der Waals surface area contributed by atoms with E-state index in [0.29, 0.717) is 17.6 Å². The molecular formula is C13H17BrF2N2. The predicted molar refractivity (Wildman–Crippen MR) is 70.3 cm³/mol. The van der Waals surface area contributed by atoms with Gasteiger partial charge in [-0.1, -0.05) is 29.8 Å². The number of alkyl halides is 3. The minimum atomic E-state index is -2.54. The third kappa shape index (κ3) is 2.87. The zero-order chi connectivity index (χ0) is 13.3. The Morgan fingerprint density at radius 1 is 1.50 bits per heavy atom. The lowest BCUT2D eigenvalue weighted by Gasteiger charge is -2.14. The highest BCUT2D eigenvalue weighted by Crippen LogP contribution is 2.43. The van der Waals surface area contributed by atoms with Gasteiger partial charge >= 0.3 is 0 Å². The molecule has 0 spiro atoms. The lowest BCUT2D eigenvalue weighted by Crippen LogP contribution is -2.11. The topological polar surface area (TPSA) is 25.8 Å². The maximum absolute atomic E-state index is 13.2. The van der Waals surface area contributed by atoms with E-state index < -0.39 is 5.92 Å². The van der Waals surface area contributed by atoms with Gasteiger partial charge in [-0.05, 0) is 12.3 Å². The Bertz CT molecular complexity index is 435. The van der Waals surface area contributed by atoms with Gasteiger partial charge in [0.25, 0.3) is 0 Å². The minimum absolute atomic E-state index is 0.0434. The van der Waals surface area contributed by atoms with Crippen LogP contribution in [0, 0.1) is 0 Å². The highest BCUT2D eigenvalue weighted by molar-refractivity contribution is 9.08. The van der Waals surface area contributed by atoms with Gasteiger partial charge in [-0.15, -0.1) is 0 Å². The standard InChI is InChI=1S/C13H17BrF2N2/c1-8(2)11-10(6-14)7-17-12(18-11)9-3-4-13(15,16)5-9/h7-9H,3-6H2,1-2H3. The van der Waals surface area contributed by atoms with Crippen LogP contribution in [0.3, 0.4) is 0 Å². The summed E-state index contributed by atoms with van der Waals surface area (Å²) in [6, 6.07) is 0. The van der Waals surface area contributed by atoms with E-state index in [4.69, 9.17) is 0 Å². The molecule has 1 aromatic rings. The minimum Gasteiger partial charge on any atom is -0.241 e. The van der Waals surface area contributed by atoms with E-state index in [9.17, 15) is 8.78 Å². The average Bonchev–Trinajstić information content (AvgIpc) is 2.68. The van der Waals surface area contributed by atoms with E-state index in [-0.39, 0.29) is 24.7 Å². The Labute approximate surface area is 114 Å². The van der Waals surface area contributed by atoms with Crippen molar-refractivity contribution < 1.29 is 8.78 Å². The van der Waals surface area contributed by atoms with Crippen LogP contribution in [-0.2, 0) is 5.33 Å². The van der Waals surface area contributed by atoms with Gasteiger partial charge in [-0.3, -0.25) is 0 Å². The molecule has 0 radical (unpaired) electrons. The summed E-state index contributed by atoms with van der Waals surface area (Å²) in [7, 11) is 0. The van der Waals surface area contributed by atoms with Crippen LogP contribution in [0.2, 0.25) is 0 Å². The third-order valence-corrected chi connectivity index (χ3v) is 3.98. The van der Waals surface area contributed by atoms with Crippen LogP contribution in [0.15, 0.2) is 6.20 Å². The van der Waals surface area contributed by atoms with Crippen molar-refractivity contribution in [2.75, 3.05) is 0 Å². The normalized spacial score (nSPS) is 22.7. The van der Waals surface area contributed by atoms with Crippen molar-refractivity contribution in [2.24, 2.45) is 0 Å². The summed E-state index contributed by atoms with van der Waals surface area (Å²) in [6.45, 7) is 4.11. The largest absolute Gasteiger partial charge is 0.248 e. The quantitative estimate of drug-likeness (QED) is 0.772. The number of nitrogens with zero attached hydrogens (tertiary/aromatic N) is 2. The summed E-state index contributed by atoms with van der Waals surface area (Å²) in [5, 5.41) is 0.696. The summed E-state index contributed by atoms with van der Waals surface area (Å²) in [4.78, 5) is 8.78. The fourth-order valence-corrected chi connectivity index (χ4v) is 2.84. The molecule has 1 aromatic heterocycles. The van der Waals surface area contributed by atoms with E-state index in [1.807, 2.05) is 0 Å². The number of aromatic nitrogens is 2. The van der Waals surface area contributed by atoms with Gasteiger partial charge in [-0.2, -0.15) is 0 Å². The monoisotopic (exact) mass is 318 g/mol. The molecule has 1 aliphatic rings. The van der Waals surface area contributed by atoms with Crippen molar-refractivity contribution >= 4 is 15.9 Å². The highest BCUT2D eigenvalue weighted by Gasteiger charge is 2.41. The van der Waals surface area contributed by atoms with E-state index in [1.165, 1.54) is 0 Å². The molecule has 0 saturated heterocycles. The van der Waals surface area contributed by atoms with E-state index >= 15 is 0 Å². The van der Waals surface area contributed by atoms with Gasteiger partial charge in [0.2, 0.25) is 5.92 Å². The van der Waals surface area contributed by atoms with Gasteiger partial charge < -0.3 is 0 Å². The molecule has 1 saturated carbocycles. The van der Waals surface area contributed by atoms with E-state index in [1.54, 1.807) is 6.20 Å². The van der Waals surface area contributed by atoms with E-state index in [2.05, 4.69) is 39.7 Å². The summed E-state index contributed by atoms with van der Waals surface area (Å²) in [5.41, 5.74) is 2.01. The van der Waals surface area contributed by atoms with Crippen LogP contribution in [0.5, 0.6) is 0 Å². The molecule has 1 aliphatic carbocycles. The van der Waals surface area contributed by atoms with Crippen LogP contribution in [0.1, 0.15) is 62.0 Å². The molecule has 2 rings (SSSR count). The molecule has 100 valence electrons. The SMILES string of the molecule is CC(C)c1nc(C2CCC(F)(F)C2)ncc1CBr. The highest BCUT2D eigenvalue weighted by atomic mass is 79.9. The summed E-state index contributed by atoms with van der Waals surface area (Å²) < 4.78 is 26.4. The number of hydrogen-bond donors (Lipinski definition) is 0. The maximum atomic E-state index is 13.2. The van der Waals surface area contributed by atoms with Crippen LogP contribution in [0.4, 0.5) is 8.78 Å². The van der Waals surface area contributed by atoms with Gasteiger partial charge in [-0.25, -0.2) is 18.7 Å². The van der Waals surface area contributed by atoms with Crippen LogP contribution in [-0.4, -0.2) is 15.9 Å². The van der Waals surface area contributed by atoms with Crippen molar-refractivity contribution in [3.63, 3.8) is 0 Å². The summed E-state index contributed by atoms with van der Waals surface area (Å²) >= 11 is 3.40. The van der Waals surface area contributed by atoms with Crippen molar-refractivity contribution in [2.45, 2.75) is 56.2 Å². The second-order valence-electron chi connectivity index (χ2n) is 5.22. The molecule has 0 amide bonds. The molecule has 0 aliphatic heterocycles. The average molecular weight is 319 g/mol. The summed E-state index contributed by atoms with van der Waals surface area (Å²) in [5.74, 6) is -1.87. The van der Waals surface area contributed by atoms with Crippen molar-refractivity contribution in [3.8, 4) is 0 Å². The lowest BCUT2D eigenvalue weighted by atomic mass is 10.0. The molecule has 0 bridgehead atoms. The Morgan fingerprint density at radius 2 is 2.22 bits per heavy atom. The summed E-state index contributed by atoms with van der Waals surface area (Å²) in [6.07, 6.45) is 2.09. The molecule has 1 heterocycles. The predicted octanol–water partition coefficient (Wildman–Crippen LogP) is 4.40. The lowest BCUT2D eigenvalue weighted by molar-refractivity contribution is 0.00753. The van der Waals surface area contributed by atoms with Gasteiger partial charge in [0.05, 0.1) is 5.69 Å². The zero-order valence-electron chi connectivity index (χ0n) is 10.6. The molecule has 5 heteroatoms. The first kappa shape index (κ1) is 13.8. The molecule has 0 aromatic carbocycles. The van der Waals surface area contributed by atoms with Crippen molar-refractivity contribution in [3.05, 3.63) is 23.3 Å². The van der Waals surface area contributed by atoms with Crippen molar-refractivity contribution in [1.82, 2.24) is 9.97 Å². The molecule has 1 fully saturated rings. The van der Waals surface area contributed by atoms with Crippen LogP contribution >= 0.6 is 15.9 Å². The number of hydrogen-bond acceptors (Lipinski definition) is 2. The number of rotatable bonds is 3. The number of halogens is 3. The molecule has 2 nitrogen and oxygen atoms in total. The Kier molecular flexibility index (Phi) is 3.99.